The second kappa shape index (κ2) is 3.81. The number of halogens is 1. The highest BCUT2D eigenvalue weighted by Gasteiger charge is 2.53. The van der Waals surface area contributed by atoms with Crippen molar-refractivity contribution >= 4 is 19.9 Å². The number of nitrogens with zero attached hydrogens (tertiary/aromatic N) is 1. The first-order chi connectivity index (χ1) is 6.52. The molecule has 1 rings (SSSR count). The number of carbonyl (C=O) groups excluding carboxylic acids is 2. The number of alkyl halides is 1. The molecule has 14 heavy (non-hydrogen) atoms. The predicted octanol–water partition coefficient (Wildman–Crippen LogP) is -0.260. The molecular formula is C8H9BFNO3. The van der Waals surface area contributed by atoms with Gasteiger partial charge in [-0.2, -0.15) is 0 Å². The number of rotatable bonds is 3. The smallest absolute Gasteiger partial charge is 0.354 e. The fourth-order valence-electron chi connectivity index (χ4n) is 1.15. The standard InChI is InChI=1S/C8H9BFNO3/c1-2-5-14-7(13)8(10)3-4-11(9)6(8)12/h2H,1,3-5H2. The maximum absolute atomic E-state index is 13.7. The highest BCUT2D eigenvalue weighted by molar-refractivity contribution is 6.21. The van der Waals surface area contributed by atoms with Gasteiger partial charge in [0.1, 0.15) is 6.61 Å². The fourth-order valence-corrected chi connectivity index (χ4v) is 1.15. The van der Waals surface area contributed by atoms with Gasteiger partial charge in [-0.25, -0.2) is 9.18 Å². The molecule has 1 aliphatic heterocycles. The van der Waals surface area contributed by atoms with E-state index in [4.69, 9.17) is 7.98 Å². The van der Waals surface area contributed by atoms with Crippen LogP contribution in [0.1, 0.15) is 6.42 Å². The van der Waals surface area contributed by atoms with Crippen LogP contribution in [0.25, 0.3) is 0 Å². The van der Waals surface area contributed by atoms with Crippen LogP contribution in [0, 0.1) is 0 Å². The van der Waals surface area contributed by atoms with Crippen LogP contribution < -0.4 is 0 Å². The largest absolute Gasteiger partial charge is 0.459 e. The summed E-state index contributed by atoms with van der Waals surface area (Å²) in [4.78, 5) is 22.9. The van der Waals surface area contributed by atoms with Gasteiger partial charge in [-0.1, -0.05) is 12.7 Å². The van der Waals surface area contributed by atoms with Gasteiger partial charge in [-0.15, -0.1) is 0 Å². The summed E-state index contributed by atoms with van der Waals surface area (Å²) in [5.41, 5.74) is -2.61. The number of ether oxygens (including phenoxy) is 1. The molecule has 0 N–H and O–H groups in total. The molecule has 0 aromatic heterocycles. The van der Waals surface area contributed by atoms with Crippen molar-refractivity contribution < 1.29 is 18.7 Å². The fraction of sp³-hybridized carbons (Fsp3) is 0.500. The lowest BCUT2D eigenvalue weighted by Gasteiger charge is -2.15. The summed E-state index contributed by atoms with van der Waals surface area (Å²) < 4.78 is 18.2. The summed E-state index contributed by atoms with van der Waals surface area (Å²) in [6.07, 6.45) is 1.03. The van der Waals surface area contributed by atoms with Crippen LogP contribution in [0.5, 0.6) is 0 Å². The third-order valence-corrected chi connectivity index (χ3v) is 1.95. The van der Waals surface area contributed by atoms with E-state index in [-0.39, 0.29) is 19.6 Å². The van der Waals surface area contributed by atoms with Crippen molar-refractivity contribution in [1.82, 2.24) is 4.81 Å². The quantitative estimate of drug-likeness (QED) is 0.271. The third kappa shape index (κ3) is 1.64. The van der Waals surface area contributed by atoms with E-state index in [1.165, 1.54) is 6.08 Å². The van der Waals surface area contributed by atoms with Crippen LogP contribution in [0.15, 0.2) is 12.7 Å². The van der Waals surface area contributed by atoms with Gasteiger partial charge < -0.3 is 9.55 Å². The Labute approximate surface area is 82.1 Å². The van der Waals surface area contributed by atoms with Gasteiger partial charge in [0, 0.05) is 13.0 Å². The van der Waals surface area contributed by atoms with E-state index in [0.717, 1.165) is 0 Å². The summed E-state index contributed by atoms with van der Waals surface area (Å²) in [5.74, 6) is -2.25. The molecule has 0 aromatic carbocycles. The Morgan fingerprint density at radius 2 is 2.50 bits per heavy atom. The SMILES string of the molecule is [B]N1CCC(F)(C(=O)OCC=C)C1=O. The second-order valence-electron chi connectivity index (χ2n) is 2.94. The minimum atomic E-state index is -2.61. The summed E-state index contributed by atoms with van der Waals surface area (Å²) in [5, 5.41) is 0. The Morgan fingerprint density at radius 3 is 2.93 bits per heavy atom. The zero-order valence-electron chi connectivity index (χ0n) is 7.53. The first-order valence-corrected chi connectivity index (χ1v) is 4.06. The zero-order chi connectivity index (χ0) is 10.8. The number of hydrogen-bond donors (Lipinski definition) is 0. The van der Waals surface area contributed by atoms with Crippen LogP contribution in [0.4, 0.5) is 4.39 Å². The van der Waals surface area contributed by atoms with Crippen molar-refractivity contribution in [1.29, 1.82) is 0 Å². The van der Waals surface area contributed by atoms with E-state index in [0.29, 0.717) is 4.81 Å². The molecule has 0 bridgehead atoms. The summed E-state index contributed by atoms with van der Waals surface area (Å²) >= 11 is 0. The molecule has 0 saturated carbocycles. The molecule has 6 heteroatoms. The topological polar surface area (TPSA) is 46.6 Å². The molecule has 0 aromatic rings. The van der Waals surface area contributed by atoms with Gasteiger partial charge in [0.25, 0.3) is 11.6 Å². The Morgan fingerprint density at radius 1 is 1.86 bits per heavy atom. The molecule has 1 heterocycles. The van der Waals surface area contributed by atoms with Gasteiger partial charge in [0.05, 0.1) is 0 Å². The van der Waals surface area contributed by atoms with Crippen LogP contribution >= 0.6 is 0 Å². The van der Waals surface area contributed by atoms with Crippen molar-refractivity contribution in [3.63, 3.8) is 0 Å². The molecule has 1 atom stereocenters. The van der Waals surface area contributed by atoms with E-state index in [1.807, 2.05) is 0 Å². The second-order valence-corrected chi connectivity index (χ2v) is 2.94. The lowest BCUT2D eigenvalue weighted by atomic mass is 10.1. The molecular weight excluding hydrogens is 188 g/mol. The van der Waals surface area contributed by atoms with E-state index >= 15 is 0 Å². The highest BCUT2D eigenvalue weighted by atomic mass is 19.1. The lowest BCUT2D eigenvalue weighted by molar-refractivity contribution is -0.161. The lowest BCUT2D eigenvalue weighted by Crippen LogP contribution is -2.43. The Hall–Kier alpha value is -1.33. The molecule has 74 valence electrons. The van der Waals surface area contributed by atoms with Crippen molar-refractivity contribution in [3.05, 3.63) is 12.7 Å². The molecule has 0 aliphatic carbocycles. The van der Waals surface area contributed by atoms with Crippen molar-refractivity contribution in [2.75, 3.05) is 13.2 Å². The Balaban J connectivity index is 2.70. The number of amides is 1. The normalized spacial score (nSPS) is 26.4. The van der Waals surface area contributed by atoms with Crippen LogP contribution in [0.2, 0.25) is 0 Å². The molecule has 2 radical (unpaired) electrons. The van der Waals surface area contributed by atoms with E-state index in [1.54, 1.807) is 0 Å². The first kappa shape index (κ1) is 10.8. The van der Waals surface area contributed by atoms with Crippen molar-refractivity contribution in [2.24, 2.45) is 0 Å². The molecule has 1 unspecified atom stereocenters. The molecule has 1 aliphatic rings. The average Bonchev–Trinajstić information content (AvgIpc) is 2.44. The van der Waals surface area contributed by atoms with Gasteiger partial charge in [0.15, 0.2) is 0 Å². The van der Waals surface area contributed by atoms with Gasteiger partial charge in [-0.05, 0) is 0 Å². The molecule has 4 nitrogen and oxygen atoms in total. The van der Waals surface area contributed by atoms with E-state index in [9.17, 15) is 14.0 Å². The van der Waals surface area contributed by atoms with Crippen LogP contribution in [-0.2, 0) is 14.3 Å². The number of hydrogen-bond acceptors (Lipinski definition) is 3. The first-order valence-electron chi connectivity index (χ1n) is 4.06. The zero-order valence-corrected chi connectivity index (χ0v) is 7.53. The number of esters is 1. The summed E-state index contributed by atoms with van der Waals surface area (Å²) in [6.45, 7) is 3.19. The van der Waals surface area contributed by atoms with Crippen molar-refractivity contribution in [2.45, 2.75) is 12.1 Å². The third-order valence-electron chi connectivity index (χ3n) is 1.95. The van der Waals surface area contributed by atoms with Crippen LogP contribution in [-0.4, -0.2) is 43.5 Å². The molecule has 1 amide bonds. The Bertz CT molecular complexity index is 284. The minimum absolute atomic E-state index is 0.0124. The highest BCUT2D eigenvalue weighted by Crippen LogP contribution is 2.27. The van der Waals surface area contributed by atoms with Gasteiger partial charge in [-0.3, -0.25) is 4.79 Å². The maximum atomic E-state index is 13.7. The molecule has 1 fully saturated rings. The van der Waals surface area contributed by atoms with Gasteiger partial charge in [0.2, 0.25) is 7.98 Å². The van der Waals surface area contributed by atoms with E-state index in [2.05, 4.69) is 11.3 Å². The molecule has 0 spiro atoms. The number of carbonyl (C=O) groups is 2. The van der Waals surface area contributed by atoms with Crippen LogP contribution in [0.3, 0.4) is 0 Å². The van der Waals surface area contributed by atoms with Gasteiger partial charge >= 0.3 is 5.97 Å². The van der Waals surface area contributed by atoms with E-state index < -0.39 is 17.5 Å². The summed E-state index contributed by atoms with van der Waals surface area (Å²) in [6, 6.07) is 0. The van der Waals surface area contributed by atoms with Crippen molar-refractivity contribution in [3.8, 4) is 0 Å². The minimum Gasteiger partial charge on any atom is -0.459 e. The molecule has 1 saturated heterocycles. The maximum Gasteiger partial charge on any atom is 0.354 e. The Kier molecular flexibility index (Phi) is 2.93. The predicted molar refractivity (Wildman–Crippen MR) is 47.1 cm³/mol. The monoisotopic (exact) mass is 197 g/mol. The average molecular weight is 197 g/mol. The summed E-state index contributed by atoms with van der Waals surface area (Å²) in [7, 11) is 5.14.